The second-order valence-corrected chi connectivity index (χ2v) is 8.43. The summed E-state index contributed by atoms with van der Waals surface area (Å²) in [5, 5.41) is 0. The standard InChI is InChI=1S/C20H22N2O6S/c23-19-15-21(29(25,26)14-13-28-18-9-5-2-6-10-18)16-20(24)22(19)11-12-27-17-7-3-1-4-8-17/h1-10H,11-16H2. The lowest BCUT2D eigenvalue weighted by Crippen LogP contribution is -2.56. The minimum Gasteiger partial charge on any atom is -0.492 e. The van der Waals surface area contributed by atoms with Crippen LogP contribution in [0.3, 0.4) is 0 Å². The maximum Gasteiger partial charge on any atom is 0.244 e. The number of carbonyl (C=O) groups is 2. The van der Waals surface area contributed by atoms with Crippen LogP contribution in [0.2, 0.25) is 0 Å². The van der Waals surface area contributed by atoms with Crippen molar-refractivity contribution in [1.29, 1.82) is 0 Å². The molecular weight excluding hydrogens is 396 g/mol. The fourth-order valence-corrected chi connectivity index (χ4v) is 3.96. The SMILES string of the molecule is O=C1CN(S(=O)(=O)CCOc2ccccc2)CC(=O)N1CCOc1ccccc1. The monoisotopic (exact) mass is 418 g/mol. The molecule has 9 heteroatoms. The van der Waals surface area contributed by atoms with Crippen molar-refractivity contribution in [2.45, 2.75) is 0 Å². The van der Waals surface area contributed by atoms with Crippen LogP contribution in [0.25, 0.3) is 0 Å². The second kappa shape index (κ2) is 9.53. The number of benzene rings is 2. The lowest BCUT2D eigenvalue weighted by molar-refractivity contribution is -0.149. The number of ether oxygens (including phenoxy) is 2. The zero-order valence-electron chi connectivity index (χ0n) is 15.8. The summed E-state index contributed by atoms with van der Waals surface area (Å²) in [7, 11) is -3.80. The number of imide groups is 1. The molecule has 0 N–H and O–H groups in total. The summed E-state index contributed by atoms with van der Waals surface area (Å²) in [5.41, 5.74) is 0. The Kier molecular flexibility index (Phi) is 6.84. The van der Waals surface area contributed by atoms with Crippen LogP contribution in [-0.2, 0) is 19.6 Å². The van der Waals surface area contributed by atoms with Crippen LogP contribution >= 0.6 is 0 Å². The third kappa shape index (κ3) is 5.78. The van der Waals surface area contributed by atoms with Crippen molar-refractivity contribution in [3.63, 3.8) is 0 Å². The number of hydrogen-bond acceptors (Lipinski definition) is 6. The minimum atomic E-state index is -3.80. The van der Waals surface area contributed by atoms with E-state index in [2.05, 4.69) is 0 Å². The van der Waals surface area contributed by atoms with E-state index in [4.69, 9.17) is 9.47 Å². The van der Waals surface area contributed by atoms with Crippen molar-refractivity contribution in [1.82, 2.24) is 9.21 Å². The summed E-state index contributed by atoms with van der Waals surface area (Å²) >= 11 is 0. The van der Waals surface area contributed by atoms with Gasteiger partial charge in [-0.15, -0.1) is 0 Å². The molecule has 2 amide bonds. The summed E-state index contributed by atoms with van der Waals surface area (Å²) < 4.78 is 36.7. The smallest absolute Gasteiger partial charge is 0.244 e. The van der Waals surface area contributed by atoms with Crippen molar-refractivity contribution in [2.75, 3.05) is 38.6 Å². The van der Waals surface area contributed by atoms with E-state index in [0.29, 0.717) is 11.5 Å². The zero-order chi connectivity index (χ0) is 20.7. The molecular formula is C20H22N2O6S. The van der Waals surface area contributed by atoms with Gasteiger partial charge in [-0.05, 0) is 24.3 Å². The molecule has 1 aliphatic rings. The molecule has 3 rings (SSSR count). The van der Waals surface area contributed by atoms with Gasteiger partial charge in [0.1, 0.15) is 24.7 Å². The zero-order valence-corrected chi connectivity index (χ0v) is 16.6. The number of rotatable bonds is 9. The highest BCUT2D eigenvalue weighted by atomic mass is 32.2. The molecule has 0 aromatic heterocycles. The molecule has 0 bridgehead atoms. The van der Waals surface area contributed by atoms with Crippen LogP contribution in [-0.4, -0.2) is 68.0 Å². The van der Waals surface area contributed by atoms with Gasteiger partial charge in [-0.2, -0.15) is 4.31 Å². The third-order valence-corrected chi connectivity index (χ3v) is 6.03. The highest BCUT2D eigenvalue weighted by Crippen LogP contribution is 2.13. The van der Waals surface area contributed by atoms with Crippen molar-refractivity contribution in [3.05, 3.63) is 60.7 Å². The Labute approximate surface area is 169 Å². The van der Waals surface area contributed by atoms with Gasteiger partial charge in [0.25, 0.3) is 0 Å². The molecule has 0 saturated carbocycles. The Hall–Kier alpha value is -2.91. The molecule has 1 heterocycles. The molecule has 0 aliphatic carbocycles. The van der Waals surface area contributed by atoms with E-state index in [1.165, 1.54) is 0 Å². The Morgan fingerprint density at radius 1 is 0.759 bits per heavy atom. The molecule has 29 heavy (non-hydrogen) atoms. The fraction of sp³-hybridized carbons (Fsp3) is 0.300. The van der Waals surface area contributed by atoms with Crippen LogP contribution in [0.4, 0.5) is 0 Å². The minimum absolute atomic E-state index is 0.0670. The van der Waals surface area contributed by atoms with Gasteiger partial charge in [-0.25, -0.2) is 8.42 Å². The van der Waals surface area contributed by atoms with Crippen molar-refractivity contribution in [3.8, 4) is 11.5 Å². The normalized spacial score (nSPS) is 15.4. The molecule has 0 atom stereocenters. The van der Waals surface area contributed by atoms with Crippen molar-refractivity contribution < 1.29 is 27.5 Å². The summed E-state index contributed by atoms with van der Waals surface area (Å²) in [4.78, 5) is 25.7. The van der Waals surface area contributed by atoms with Crippen LogP contribution < -0.4 is 9.47 Å². The first-order valence-corrected chi connectivity index (χ1v) is 10.7. The molecule has 154 valence electrons. The Bertz CT molecular complexity index is 916. The van der Waals surface area contributed by atoms with Crippen molar-refractivity contribution in [2.24, 2.45) is 0 Å². The van der Waals surface area contributed by atoms with Crippen LogP contribution in [0.5, 0.6) is 11.5 Å². The lowest BCUT2D eigenvalue weighted by Gasteiger charge is -2.31. The molecule has 1 saturated heterocycles. The molecule has 8 nitrogen and oxygen atoms in total. The predicted molar refractivity (Wildman–Crippen MR) is 106 cm³/mol. The van der Waals surface area contributed by atoms with Gasteiger partial charge >= 0.3 is 0 Å². The van der Waals surface area contributed by atoms with E-state index < -0.39 is 21.8 Å². The highest BCUT2D eigenvalue weighted by molar-refractivity contribution is 7.89. The predicted octanol–water partition coefficient (Wildman–Crippen LogP) is 1.14. The second-order valence-electron chi connectivity index (χ2n) is 6.35. The summed E-state index contributed by atoms with van der Waals surface area (Å²) in [6.45, 7) is -0.605. The first-order valence-electron chi connectivity index (χ1n) is 9.12. The van der Waals surface area contributed by atoms with Crippen molar-refractivity contribution >= 4 is 21.8 Å². The van der Waals surface area contributed by atoms with Gasteiger partial charge in [0.2, 0.25) is 21.8 Å². The van der Waals surface area contributed by atoms with E-state index in [-0.39, 0.29) is 38.6 Å². The summed E-state index contributed by atoms with van der Waals surface area (Å²) in [5.74, 6) is -0.263. The lowest BCUT2D eigenvalue weighted by atomic mass is 10.3. The Balaban J connectivity index is 1.49. The molecule has 1 aliphatic heterocycles. The van der Waals surface area contributed by atoms with E-state index in [1.807, 2.05) is 24.3 Å². The van der Waals surface area contributed by atoms with Crippen LogP contribution in [0.1, 0.15) is 0 Å². The van der Waals surface area contributed by atoms with E-state index >= 15 is 0 Å². The fourth-order valence-electron chi connectivity index (χ4n) is 2.80. The van der Waals surface area contributed by atoms with Gasteiger partial charge in [0.15, 0.2) is 0 Å². The van der Waals surface area contributed by atoms with Gasteiger partial charge in [-0.1, -0.05) is 36.4 Å². The maximum absolute atomic E-state index is 12.5. The number of sulfonamides is 1. The molecule has 2 aromatic carbocycles. The molecule has 2 aromatic rings. The quantitative estimate of drug-likeness (QED) is 0.567. The van der Waals surface area contributed by atoms with Crippen LogP contribution in [0.15, 0.2) is 60.7 Å². The molecule has 0 radical (unpaired) electrons. The number of piperazine rings is 1. The number of hydrogen-bond donors (Lipinski definition) is 0. The molecule has 0 spiro atoms. The number of para-hydroxylation sites is 2. The van der Waals surface area contributed by atoms with E-state index in [1.54, 1.807) is 36.4 Å². The molecule has 0 unspecified atom stereocenters. The van der Waals surface area contributed by atoms with Gasteiger partial charge < -0.3 is 9.47 Å². The Morgan fingerprint density at radius 3 is 1.76 bits per heavy atom. The van der Waals surface area contributed by atoms with E-state index in [9.17, 15) is 18.0 Å². The van der Waals surface area contributed by atoms with Gasteiger partial charge in [0.05, 0.1) is 25.4 Å². The average molecular weight is 418 g/mol. The first-order chi connectivity index (χ1) is 14.0. The number of nitrogens with zero attached hydrogens (tertiary/aromatic N) is 2. The number of amides is 2. The van der Waals surface area contributed by atoms with Gasteiger partial charge in [-0.3, -0.25) is 14.5 Å². The largest absolute Gasteiger partial charge is 0.492 e. The van der Waals surface area contributed by atoms with Crippen LogP contribution in [0, 0.1) is 0 Å². The number of carbonyl (C=O) groups excluding carboxylic acids is 2. The first kappa shape index (κ1) is 20.8. The highest BCUT2D eigenvalue weighted by Gasteiger charge is 2.36. The average Bonchev–Trinajstić information content (AvgIpc) is 2.71. The third-order valence-electron chi connectivity index (χ3n) is 4.30. The summed E-state index contributed by atoms with van der Waals surface area (Å²) in [6, 6.07) is 17.8. The topological polar surface area (TPSA) is 93.2 Å². The van der Waals surface area contributed by atoms with Gasteiger partial charge in [0, 0.05) is 0 Å². The van der Waals surface area contributed by atoms with E-state index in [0.717, 1.165) is 9.21 Å². The molecule has 1 fully saturated rings. The Morgan fingerprint density at radius 2 is 1.24 bits per heavy atom. The maximum atomic E-state index is 12.5. The summed E-state index contributed by atoms with van der Waals surface area (Å²) in [6.07, 6.45) is 0.